The molecule has 1 fully saturated rings. The maximum Gasteiger partial charge on any atom is 0.160 e. The average Bonchev–Trinajstić information content (AvgIpc) is 2.78. The van der Waals surface area contributed by atoms with Gasteiger partial charge in [0.15, 0.2) is 5.17 Å². The second-order valence-corrected chi connectivity index (χ2v) is 4.69. The number of hydrogen-bond donors (Lipinski definition) is 0. The molecular formula is C11H13ClN2S. The van der Waals surface area contributed by atoms with Crippen molar-refractivity contribution in [1.82, 2.24) is 4.90 Å². The van der Waals surface area contributed by atoms with Crippen LogP contribution < -0.4 is 0 Å². The molecule has 4 heteroatoms. The Kier molecular flexibility index (Phi) is 3.22. The molecule has 1 aromatic rings. The van der Waals surface area contributed by atoms with Crippen LogP contribution in [-0.4, -0.2) is 28.9 Å². The SMILES string of the molecule is Cl.c1ccc(C2CN3CC[35S]C3=N2)cc1. The number of nitrogens with zero attached hydrogens (tertiary/aromatic N) is 2. The Morgan fingerprint density at radius 3 is 2.80 bits per heavy atom. The van der Waals surface area contributed by atoms with Crippen molar-refractivity contribution in [3.05, 3.63) is 35.9 Å². The third-order valence-electron chi connectivity index (χ3n) is 2.71. The predicted octanol–water partition coefficient (Wildman–Crippen LogP) is 2.57. The standard InChI is InChI=1S/C11H12N2S.ClH/c1-2-4-9(5-3-1)10-8-13-6-7-14-11(13)12-10;/h1-5,10H,6-8H2;1H/i14+3;. The summed E-state index contributed by atoms with van der Waals surface area (Å²) in [5.41, 5.74) is 1.34. The Morgan fingerprint density at radius 2 is 2.07 bits per heavy atom. The summed E-state index contributed by atoms with van der Waals surface area (Å²) >= 11 is 1.89. The molecule has 0 bridgehead atoms. The topological polar surface area (TPSA) is 15.6 Å². The summed E-state index contributed by atoms with van der Waals surface area (Å²) in [5, 5.41) is 1.25. The van der Waals surface area contributed by atoms with Gasteiger partial charge in [-0.05, 0) is 5.56 Å². The van der Waals surface area contributed by atoms with E-state index in [4.69, 9.17) is 4.99 Å². The van der Waals surface area contributed by atoms with E-state index in [9.17, 15) is 0 Å². The summed E-state index contributed by atoms with van der Waals surface area (Å²) in [7, 11) is 0. The van der Waals surface area contributed by atoms with Crippen molar-refractivity contribution >= 4 is 29.3 Å². The van der Waals surface area contributed by atoms with Crippen LogP contribution in [0.4, 0.5) is 0 Å². The van der Waals surface area contributed by atoms with Crippen LogP contribution >= 0.6 is 24.2 Å². The molecule has 0 aliphatic carbocycles. The summed E-state index contributed by atoms with van der Waals surface area (Å²) in [6.07, 6.45) is 0. The first-order chi connectivity index (χ1) is 6.93. The zero-order chi connectivity index (χ0) is 9.38. The zero-order valence-electron chi connectivity index (χ0n) is 8.30. The van der Waals surface area contributed by atoms with E-state index in [0.717, 1.165) is 6.54 Å². The maximum absolute atomic E-state index is 4.73. The van der Waals surface area contributed by atoms with Crippen molar-refractivity contribution < 1.29 is 0 Å². The summed E-state index contributed by atoms with van der Waals surface area (Å²) in [4.78, 5) is 7.12. The van der Waals surface area contributed by atoms with Crippen LogP contribution in [0.2, 0.25) is 0 Å². The average molecular weight is 244 g/mol. The van der Waals surface area contributed by atoms with E-state index in [-0.39, 0.29) is 12.4 Å². The van der Waals surface area contributed by atoms with Gasteiger partial charge >= 0.3 is 0 Å². The Hall–Kier alpha value is -0.670. The largest absolute Gasteiger partial charge is 0.348 e. The van der Waals surface area contributed by atoms with E-state index < -0.39 is 0 Å². The fourth-order valence-electron chi connectivity index (χ4n) is 1.96. The van der Waals surface area contributed by atoms with Crippen molar-refractivity contribution in [2.75, 3.05) is 18.8 Å². The monoisotopic (exact) mass is 243 g/mol. The predicted molar refractivity (Wildman–Crippen MR) is 67.9 cm³/mol. The lowest BCUT2D eigenvalue weighted by Crippen LogP contribution is -2.21. The third kappa shape index (κ3) is 1.99. The van der Waals surface area contributed by atoms with Crippen LogP contribution in [0.5, 0.6) is 0 Å². The molecule has 1 saturated heterocycles. The highest BCUT2D eigenvalue weighted by Crippen LogP contribution is 2.31. The van der Waals surface area contributed by atoms with Gasteiger partial charge in [-0.3, -0.25) is 4.99 Å². The molecule has 2 aliphatic heterocycles. The van der Waals surface area contributed by atoms with Crippen LogP contribution in [0.1, 0.15) is 11.6 Å². The van der Waals surface area contributed by atoms with E-state index in [0.29, 0.717) is 6.04 Å². The van der Waals surface area contributed by atoms with Crippen LogP contribution in [0.3, 0.4) is 0 Å². The van der Waals surface area contributed by atoms with Crippen LogP contribution in [0.15, 0.2) is 35.3 Å². The fourth-order valence-corrected chi connectivity index (χ4v) is 3.00. The van der Waals surface area contributed by atoms with Gasteiger partial charge in [0, 0.05) is 18.8 Å². The van der Waals surface area contributed by atoms with Crippen molar-refractivity contribution in [2.45, 2.75) is 6.04 Å². The van der Waals surface area contributed by atoms with E-state index in [1.807, 2.05) is 11.8 Å². The molecule has 3 rings (SSSR count). The second-order valence-electron chi connectivity index (χ2n) is 3.63. The highest BCUT2D eigenvalue weighted by atomic mass is 35.5. The van der Waals surface area contributed by atoms with E-state index in [2.05, 4.69) is 35.2 Å². The van der Waals surface area contributed by atoms with Gasteiger partial charge in [0.25, 0.3) is 0 Å². The highest BCUT2D eigenvalue weighted by Gasteiger charge is 2.29. The maximum atomic E-state index is 4.73. The number of rotatable bonds is 1. The van der Waals surface area contributed by atoms with Gasteiger partial charge in [-0.1, -0.05) is 42.1 Å². The summed E-state index contributed by atoms with van der Waals surface area (Å²) in [6.45, 7) is 2.25. The minimum atomic E-state index is 0. The first kappa shape index (κ1) is 10.8. The molecule has 2 heterocycles. The van der Waals surface area contributed by atoms with Crippen LogP contribution in [0.25, 0.3) is 0 Å². The van der Waals surface area contributed by atoms with Crippen molar-refractivity contribution in [1.29, 1.82) is 0 Å². The first-order valence-corrected chi connectivity index (χ1v) is 5.92. The second kappa shape index (κ2) is 4.45. The fraction of sp³-hybridized carbons (Fsp3) is 0.364. The third-order valence-corrected chi connectivity index (χ3v) is 3.72. The number of amidine groups is 1. The van der Waals surface area contributed by atoms with Crippen molar-refractivity contribution in [2.24, 2.45) is 4.99 Å². The number of thioether (sulfide) groups is 1. The smallest absolute Gasteiger partial charge is 0.160 e. The molecule has 0 saturated carbocycles. The molecule has 0 radical (unpaired) electrons. The Labute approximate surface area is 100 Å². The molecule has 2 nitrogen and oxygen atoms in total. The van der Waals surface area contributed by atoms with Crippen LogP contribution in [-0.2, 0) is 0 Å². The summed E-state index contributed by atoms with van der Waals surface area (Å²) in [5.74, 6) is 1.21. The van der Waals surface area contributed by atoms with Gasteiger partial charge in [0.1, 0.15) is 0 Å². The molecule has 1 aromatic carbocycles. The zero-order valence-corrected chi connectivity index (χ0v) is 9.93. The molecule has 0 amide bonds. The quantitative estimate of drug-likeness (QED) is 0.753. The van der Waals surface area contributed by atoms with Crippen LogP contribution in [0, 0.1) is 0 Å². The first-order valence-electron chi connectivity index (χ1n) is 4.94. The van der Waals surface area contributed by atoms with Gasteiger partial charge < -0.3 is 4.90 Å². The Morgan fingerprint density at radius 1 is 1.27 bits per heavy atom. The lowest BCUT2D eigenvalue weighted by Gasteiger charge is -2.12. The van der Waals surface area contributed by atoms with Crippen molar-refractivity contribution in [3.63, 3.8) is 0 Å². The molecular weight excluding hydrogens is 231 g/mol. The number of halogens is 1. The lowest BCUT2D eigenvalue weighted by atomic mass is 10.1. The minimum absolute atomic E-state index is 0. The van der Waals surface area contributed by atoms with Gasteiger partial charge in [-0.25, -0.2) is 0 Å². The van der Waals surface area contributed by atoms with Gasteiger partial charge in [-0.2, -0.15) is 0 Å². The molecule has 0 spiro atoms. The Bertz CT molecular complexity index is 366. The molecule has 15 heavy (non-hydrogen) atoms. The van der Waals surface area contributed by atoms with Gasteiger partial charge in [0.2, 0.25) is 0 Å². The Balaban J connectivity index is 0.000000853. The molecule has 1 unspecified atom stereocenters. The van der Waals surface area contributed by atoms with E-state index in [1.165, 1.54) is 23.0 Å². The van der Waals surface area contributed by atoms with E-state index in [1.54, 1.807) is 0 Å². The summed E-state index contributed by atoms with van der Waals surface area (Å²) < 4.78 is 0. The normalized spacial score (nSPS) is 23.3. The molecule has 2 aliphatic rings. The number of aliphatic imine (C=N–C) groups is 1. The lowest BCUT2D eigenvalue weighted by molar-refractivity contribution is 0.464. The number of fused-ring (bicyclic) bond motifs is 1. The molecule has 0 N–H and O–H groups in total. The molecule has 1 atom stereocenters. The number of benzene rings is 1. The highest BCUT2D eigenvalue weighted by molar-refractivity contribution is 8.14. The van der Waals surface area contributed by atoms with Gasteiger partial charge in [-0.15, -0.1) is 12.4 Å². The van der Waals surface area contributed by atoms with Gasteiger partial charge in [0.05, 0.1) is 6.04 Å². The molecule has 80 valence electrons. The molecule has 0 aromatic heterocycles. The number of hydrogen-bond acceptors (Lipinski definition) is 3. The minimum Gasteiger partial charge on any atom is -0.348 e. The van der Waals surface area contributed by atoms with E-state index >= 15 is 0 Å². The summed E-state index contributed by atoms with van der Waals surface area (Å²) in [6, 6.07) is 10.9. The van der Waals surface area contributed by atoms with Crippen molar-refractivity contribution in [3.8, 4) is 0 Å².